The summed E-state index contributed by atoms with van der Waals surface area (Å²) in [4.78, 5) is 5.43. The fourth-order valence-electron chi connectivity index (χ4n) is 11.4. The Labute approximate surface area is 377 Å². The van der Waals surface area contributed by atoms with E-state index < -0.39 is 0 Å². The second-order valence-electron chi connectivity index (χ2n) is 19.8. The zero-order valence-electron chi connectivity index (χ0n) is 43.9. The first-order valence-corrected chi connectivity index (χ1v) is 23.1. The minimum Gasteiger partial charge on any atom is -0.309 e. The molecule has 0 aliphatic carbocycles. The summed E-state index contributed by atoms with van der Waals surface area (Å²) in [5.74, 6) is 0. The summed E-state index contributed by atoms with van der Waals surface area (Å²) >= 11 is 0. The molecule has 6 aromatic rings. The van der Waals surface area contributed by atoms with E-state index in [0.29, 0.717) is 0 Å². The van der Waals surface area contributed by atoms with Crippen LogP contribution in [0.4, 0.5) is 34.1 Å². The van der Waals surface area contributed by atoms with Crippen LogP contribution in [0.2, 0.25) is 0 Å². The highest BCUT2D eigenvalue weighted by Crippen LogP contribution is 2.54. The molecule has 0 saturated carbocycles. The Hall–Kier alpha value is -4.82. The highest BCUT2D eigenvalue weighted by molar-refractivity contribution is 6.06. The zero-order valence-corrected chi connectivity index (χ0v) is 43.9. The van der Waals surface area contributed by atoms with E-state index >= 15 is 0 Å². The van der Waals surface area contributed by atoms with E-state index in [1.165, 1.54) is 190 Å². The molecule has 0 aliphatic heterocycles. The smallest absolute Gasteiger partial charge is 0.0529 e. The van der Waals surface area contributed by atoms with Crippen molar-refractivity contribution in [1.29, 1.82) is 0 Å². The quantitative estimate of drug-likeness (QED) is 0.165. The van der Waals surface area contributed by atoms with Crippen LogP contribution < -0.4 is 9.80 Å². The van der Waals surface area contributed by atoms with Gasteiger partial charge in [-0.2, -0.15) is 0 Å². The summed E-state index contributed by atoms with van der Waals surface area (Å²) in [5, 5.41) is 2.76. The molecule has 328 valence electrons. The fourth-order valence-corrected chi connectivity index (χ4v) is 11.4. The van der Waals surface area contributed by atoms with Crippen LogP contribution in [-0.2, 0) is 0 Å². The first-order chi connectivity index (χ1) is 28.7. The predicted octanol–water partition coefficient (Wildman–Crippen LogP) is 17.8. The summed E-state index contributed by atoms with van der Waals surface area (Å²) in [5.41, 5.74) is 43.5. The minimum absolute atomic E-state index is 1.32. The molecule has 0 unspecified atom stereocenters. The Balaban J connectivity index is 1.88. The van der Waals surface area contributed by atoms with Crippen molar-refractivity contribution in [2.45, 2.75) is 180 Å². The van der Waals surface area contributed by atoms with Crippen LogP contribution in [0.5, 0.6) is 0 Å². The maximum atomic E-state index is 2.71. The molecule has 2 nitrogen and oxygen atoms in total. The lowest BCUT2D eigenvalue weighted by Crippen LogP contribution is -2.22. The van der Waals surface area contributed by atoms with Crippen LogP contribution in [0.1, 0.15) is 145 Å². The van der Waals surface area contributed by atoms with Gasteiger partial charge in [-0.15, -0.1) is 0 Å². The van der Waals surface area contributed by atoms with Gasteiger partial charge in [-0.05, 0) is 335 Å². The van der Waals surface area contributed by atoms with Crippen molar-refractivity contribution in [2.24, 2.45) is 0 Å². The average Bonchev–Trinajstić information content (AvgIpc) is 3.23. The normalized spacial score (nSPS) is 11.7. The third-order valence-electron chi connectivity index (χ3n) is 17.5. The molecule has 0 amide bonds. The van der Waals surface area contributed by atoms with Crippen LogP contribution in [0, 0.1) is 180 Å². The van der Waals surface area contributed by atoms with Crippen LogP contribution in [0.3, 0.4) is 0 Å². The number of anilines is 6. The minimum atomic E-state index is 1.32. The average molecular weight is 827 g/mol. The zero-order chi connectivity index (χ0) is 46.8. The number of rotatable bonds is 6. The largest absolute Gasteiger partial charge is 0.309 e. The first-order valence-electron chi connectivity index (χ1n) is 23.1. The molecule has 0 bridgehead atoms. The molecule has 2 heteroatoms. The summed E-state index contributed by atoms with van der Waals surface area (Å²) in [6, 6.07) is 0. The lowest BCUT2D eigenvalue weighted by atomic mass is 9.83. The van der Waals surface area contributed by atoms with Gasteiger partial charge < -0.3 is 9.80 Å². The lowest BCUT2D eigenvalue weighted by Gasteiger charge is -2.39. The van der Waals surface area contributed by atoms with Gasteiger partial charge in [0.25, 0.3) is 0 Å². The Kier molecular flexibility index (Phi) is 12.1. The van der Waals surface area contributed by atoms with Gasteiger partial charge in [-0.3, -0.25) is 0 Å². The molecule has 0 spiro atoms. The van der Waals surface area contributed by atoms with Crippen molar-refractivity contribution in [3.8, 4) is 0 Å². The van der Waals surface area contributed by atoms with E-state index in [9.17, 15) is 0 Å². The van der Waals surface area contributed by atoms with Crippen LogP contribution in [-0.4, -0.2) is 0 Å². The highest BCUT2D eigenvalue weighted by atomic mass is 15.2. The van der Waals surface area contributed by atoms with Crippen molar-refractivity contribution >= 4 is 44.9 Å². The SMILES string of the molecule is Cc1c(C)c(C)c(N(c2c(C)c(C)c(C)c(C)c2C)c2c(C)c(C)c3c(C)c(N(c4c(C)c(C)c(C)c(C)c4C)c4c(C)c(C)c(C)c(C)c4C)c(C)c(C)c3c2C)c(C)c1C. The Morgan fingerprint density at radius 2 is 0.242 bits per heavy atom. The lowest BCUT2D eigenvalue weighted by molar-refractivity contribution is 1.08. The summed E-state index contributed by atoms with van der Waals surface area (Å²) in [6.07, 6.45) is 0. The monoisotopic (exact) mass is 827 g/mol. The van der Waals surface area contributed by atoms with E-state index in [4.69, 9.17) is 0 Å². The number of hydrogen-bond acceptors (Lipinski definition) is 2. The van der Waals surface area contributed by atoms with Crippen molar-refractivity contribution in [1.82, 2.24) is 0 Å². The molecule has 6 aromatic carbocycles. The number of fused-ring (bicyclic) bond motifs is 1. The number of benzene rings is 6. The van der Waals surface area contributed by atoms with Gasteiger partial charge >= 0.3 is 0 Å². The fraction of sp³-hybridized carbons (Fsp3) is 0.433. The molecular formula is C60H78N2. The van der Waals surface area contributed by atoms with Crippen LogP contribution in [0.15, 0.2) is 0 Å². The van der Waals surface area contributed by atoms with Gasteiger partial charge in [0, 0.05) is 0 Å². The molecule has 0 fully saturated rings. The number of hydrogen-bond donors (Lipinski definition) is 0. The third kappa shape index (κ3) is 6.39. The van der Waals surface area contributed by atoms with Gasteiger partial charge in [0.1, 0.15) is 0 Å². The topological polar surface area (TPSA) is 6.48 Å². The predicted molar refractivity (Wildman–Crippen MR) is 276 cm³/mol. The standard InChI is InChI=1S/C60H78N2/c1-27-31(5)41(15)55(42(16)32(27)6)61(56-43(17)33(7)28(2)34(8)44(56)18)59-49(23)39(13)54-52(26)60(50(24)40(14)53(54)51(59)25)62(57-45(19)35(9)29(3)36(10)46(57)20)58-47(21)37(11)30(4)38(12)48(58)22/h1-26H3. The van der Waals surface area contributed by atoms with Gasteiger partial charge in [0.05, 0.1) is 34.1 Å². The van der Waals surface area contributed by atoms with Crippen LogP contribution >= 0.6 is 0 Å². The molecule has 0 aliphatic rings. The van der Waals surface area contributed by atoms with Crippen LogP contribution in [0.25, 0.3) is 10.8 Å². The third-order valence-corrected chi connectivity index (χ3v) is 17.5. The Bertz CT molecular complexity index is 2490. The van der Waals surface area contributed by atoms with E-state index in [0.717, 1.165) is 0 Å². The second-order valence-corrected chi connectivity index (χ2v) is 19.8. The molecule has 0 saturated heterocycles. The molecule has 0 N–H and O–H groups in total. The van der Waals surface area contributed by atoms with Crippen molar-refractivity contribution < 1.29 is 0 Å². The number of nitrogens with zero attached hydrogens (tertiary/aromatic N) is 2. The van der Waals surface area contributed by atoms with Crippen molar-refractivity contribution in [2.75, 3.05) is 9.80 Å². The number of aryl methyl sites for hydroxylation is 4. The maximum absolute atomic E-state index is 2.71. The highest BCUT2D eigenvalue weighted by Gasteiger charge is 2.33. The maximum Gasteiger partial charge on any atom is 0.0529 e. The summed E-state index contributed by atoms with van der Waals surface area (Å²) in [7, 11) is 0. The Morgan fingerprint density at radius 3 is 0.403 bits per heavy atom. The van der Waals surface area contributed by atoms with E-state index in [-0.39, 0.29) is 0 Å². The molecule has 0 radical (unpaired) electrons. The molecule has 0 heterocycles. The second kappa shape index (κ2) is 16.1. The molecule has 0 atom stereocenters. The molecule has 0 aromatic heterocycles. The summed E-state index contributed by atoms with van der Waals surface area (Å²) < 4.78 is 0. The molecule has 62 heavy (non-hydrogen) atoms. The molecule has 6 rings (SSSR count). The van der Waals surface area contributed by atoms with E-state index in [1.54, 1.807) is 0 Å². The van der Waals surface area contributed by atoms with E-state index in [1.807, 2.05) is 0 Å². The van der Waals surface area contributed by atoms with E-state index in [2.05, 4.69) is 190 Å². The van der Waals surface area contributed by atoms with Gasteiger partial charge in [-0.25, -0.2) is 0 Å². The first kappa shape index (κ1) is 46.7. The van der Waals surface area contributed by atoms with Gasteiger partial charge in [-0.1, -0.05) is 0 Å². The van der Waals surface area contributed by atoms with Gasteiger partial charge in [0.15, 0.2) is 0 Å². The Morgan fingerprint density at radius 1 is 0.129 bits per heavy atom. The van der Waals surface area contributed by atoms with Gasteiger partial charge in [0.2, 0.25) is 0 Å². The van der Waals surface area contributed by atoms with Crippen molar-refractivity contribution in [3.63, 3.8) is 0 Å². The molecular weight excluding hydrogens is 749 g/mol. The van der Waals surface area contributed by atoms with Crippen molar-refractivity contribution in [3.05, 3.63) is 145 Å². The summed E-state index contributed by atoms with van der Waals surface area (Å²) in [6.45, 7) is 61.0.